The van der Waals surface area contributed by atoms with Gasteiger partial charge in [-0.3, -0.25) is 4.79 Å². The summed E-state index contributed by atoms with van der Waals surface area (Å²) in [4.78, 5) is 23.5. The van der Waals surface area contributed by atoms with Crippen LogP contribution in [0.25, 0.3) is 0 Å². The fourth-order valence-electron chi connectivity index (χ4n) is 1.23. The lowest BCUT2D eigenvalue weighted by Crippen LogP contribution is -2.47. The van der Waals surface area contributed by atoms with Crippen molar-refractivity contribution in [2.24, 2.45) is 0 Å². The highest BCUT2D eigenvalue weighted by molar-refractivity contribution is 5.80. The first kappa shape index (κ1) is 15.4. The van der Waals surface area contributed by atoms with Crippen LogP contribution in [0.2, 0.25) is 0 Å². The van der Waals surface area contributed by atoms with Crippen molar-refractivity contribution >= 4 is 12.0 Å². The number of hydrogen-bond acceptors (Lipinski definition) is 3. The van der Waals surface area contributed by atoms with E-state index < -0.39 is 12.0 Å². The topological polar surface area (TPSA) is 78.9 Å². The summed E-state index contributed by atoms with van der Waals surface area (Å²) in [5.74, 6) is -1.05. The predicted octanol–water partition coefficient (Wildman–Crippen LogP) is 0.694. The zero-order chi connectivity index (χ0) is 13.3. The number of amides is 2. The molecular weight excluding hydrogens is 224 g/mol. The van der Waals surface area contributed by atoms with Crippen LogP contribution in [0.15, 0.2) is 12.7 Å². The molecule has 0 heterocycles. The Morgan fingerprint density at radius 1 is 1.59 bits per heavy atom. The van der Waals surface area contributed by atoms with E-state index in [1.54, 1.807) is 6.08 Å². The predicted molar refractivity (Wildman–Crippen MR) is 63.9 cm³/mol. The van der Waals surface area contributed by atoms with Gasteiger partial charge in [-0.15, -0.1) is 6.58 Å². The second kappa shape index (κ2) is 8.58. The molecule has 0 saturated carbocycles. The van der Waals surface area contributed by atoms with Crippen molar-refractivity contribution in [3.63, 3.8) is 0 Å². The molecule has 1 atom stereocenters. The third-order valence-electron chi connectivity index (χ3n) is 2.07. The average molecular weight is 244 g/mol. The van der Waals surface area contributed by atoms with Gasteiger partial charge in [-0.1, -0.05) is 6.08 Å². The third-order valence-corrected chi connectivity index (χ3v) is 2.07. The molecule has 0 aliphatic carbocycles. The summed E-state index contributed by atoms with van der Waals surface area (Å²) in [6.07, 6.45) is 2.33. The number of nitrogens with one attached hydrogen (secondary N) is 1. The molecule has 0 saturated heterocycles. The van der Waals surface area contributed by atoms with E-state index in [0.29, 0.717) is 13.0 Å². The third kappa shape index (κ3) is 7.35. The summed E-state index contributed by atoms with van der Waals surface area (Å²) in [7, 11) is 1.50. The Morgan fingerprint density at radius 3 is 2.71 bits per heavy atom. The summed E-state index contributed by atoms with van der Waals surface area (Å²) >= 11 is 0. The molecule has 17 heavy (non-hydrogen) atoms. The van der Waals surface area contributed by atoms with E-state index in [-0.39, 0.29) is 19.1 Å². The van der Waals surface area contributed by atoms with Crippen LogP contribution in [0.3, 0.4) is 0 Å². The molecule has 0 aliphatic rings. The van der Waals surface area contributed by atoms with Crippen molar-refractivity contribution in [1.29, 1.82) is 0 Å². The number of ether oxygens (including phenoxy) is 1. The van der Waals surface area contributed by atoms with Gasteiger partial charge < -0.3 is 20.1 Å². The molecule has 0 spiro atoms. The number of methoxy groups -OCH3 is 1. The van der Waals surface area contributed by atoms with Crippen LogP contribution in [0.1, 0.15) is 13.3 Å². The number of carbonyl (C=O) groups is 2. The average Bonchev–Trinajstić information content (AvgIpc) is 2.23. The lowest BCUT2D eigenvalue weighted by Gasteiger charge is -2.23. The van der Waals surface area contributed by atoms with Crippen LogP contribution in [0.4, 0.5) is 4.79 Å². The van der Waals surface area contributed by atoms with Gasteiger partial charge in [-0.25, -0.2) is 4.79 Å². The number of carboxylic acid groups (broad SMARTS) is 1. The van der Waals surface area contributed by atoms with E-state index >= 15 is 0 Å². The van der Waals surface area contributed by atoms with Gasteiger partial charge in [0.2, 0.25) is 0 Å². The smallest absolute Gasteiger partial charge is 0.323 e. The van der Waals surface area contributed by atoms with Crippen molar-refractivity contribution in [3.05, 3.63) is 12.7 Å². The maximum absolute atomic E-state index is 11.7. The molecule has 0 aromatic carbocycles. The SMILES string of the molecule is C=CCC(C)NC(=O)N(CCOC)CC(=O)O. The highest BCUT2D eigenvalue weighted by Gasteiger charge is 2.17. The molecule has 98 valence electrons. The molecule has 0 aromatic rings. The maximum Gasteiger partial charge on any atom is 0.323 e. The number of nitrogens with zero attached hydrogens (tertiary/aromatic N) is 1. The van der Waals surface area contributed by atoms with E-state index in [2.05, 4.69) is 11.9 Å². The van der Waals surface area contributed by atoms with Crippen molar-refractivity contribution in [2.45, 2.75) is 19.4 Å². The minimum absolute atomic E-state index is 0.0705. The van der Waals surface area contributed by atoms with E-state index in [1.165, 1.54) is 12.0 Å². The molecule has 0 bridgehead atoms. The fraction of sp³-hybridized carbons (Fsp3) is 0.636. The molecule has 0 radical (unpaired) electrons. The van der Waals surface area contributed by atoms with Gasteiger partial charge in [-0.05, 0) is 13.3 Å². The van der Waals surface area contributed by atoms with E-state index in [4.69, 9.17) is 9.84 Å². The number of urea groups is 1. The number of carbonyl (C=O) groups excluding carboxylic acids is 1. The first-order valence-corrected chi connectivity index (χ1v) is 5.38. The largest absolute Gasteiger partial charge is 0.480 e. The minimum atomic E-state index is -1.05. The normalized spacial score (nSPS) is 11.6. The molecule has 6 heteroatoms. The standard InChI is InChI=1S/C11H20N2O4/c1-4-5-9(2)12-11(16)13(6-7-17-3)8-10(14)15/h4,9H,1,5-8H2,2-3H3,(H,12,16)(H,14,15). The highest BCUT2D eigenvalue weighted by atomic mass is 16.5. The number of aliphatic carboxylic acids is 1. The highest BCUT2D eigenvalue weighted by Crippen LogP contribution is 1.95. The second-order valence-corrected chi connectivity index (χ2v) is 3.68. The van der Waals surface area contributed by atoms with Crippen LogP contribution in [-0.4, -0.2) is 54.9 Å². The van der Waals surface area contributed by atoms with E-state index in [0.717, 1.165) is 0 Å². The summed E-state index contributed by atoms with van der Waals surface area (Å²) < 4.78 is 4.83. The lowest BCUT2D eigenvalue weighted by atomic mass is 10.2. The van der Waals surface area contributed by atoms with Crippen LogP contribution in [0.5, 0.6) is 0 Å². The monoisotopic (exact) mass is 244 g/mol. The van der Waals surface area contributed by atoms with Gasteiger partial charge in [0.15, 0.2) is 0 Å². The van der Waals surface area contributed by atoms with Crippen LogP contribution in [0, 0.1) is 0 Å². The first-order valence-electron chi connectivity index (χ1n) is 5.38. The van der Waals surface area contributed by atoms with Gasteiger partial charge in [-0.2, -0.15) is 0 Å². The summed E-state index contributed by atoms with van der Waals surface area (Å²) in [5, 5.41) is 11.4. The van der Waals surface area contributed by atoms with Gasteiger partial charge in [0, 0.05) is 19.7 Å². The lowest BCUT2D eigenvalue weighted by molar-refractivity contribution is -0.137. The van der Waals surface area contributed by atoms with Crippen LogP contribution in [-0.2, 0) is 9.53 Å². The Balaban J connectivity index is 4.29. The van der Waals surface area contributed by atoms with Crippen molar-refractivity contribution in [1.82, 2.24) is 10.2 Å². The number of rotatable bonds is 8. The Kier molecular flexibility index (Phi) is 7.79. The van der Waals surface area contributed by atoms with Crippen LogP contribution < -0.4 is 5.32 Å². The molecule has 6 nitrogen and oxygen atoms in total. The quantitative estimate of drug-likeness (QED) is 0.616. The van der Waals surface area contributed by atoms with Gasteiger partial charge >= 0.3 is 12.0 Å². The summed E-state index contributed by atoms with van der Waals surface area (Å²) in [5.41, 5.74) is 0. The fourth-order valence-corrected chi connectivity index (χ4v) is 1.23. The summed E-state index contributed by atoms with van der Waals surface area (Å²) in [6.45, 7) is 5.61. The molecule has 2 amide bonds. The van der Waals surface area contributed by atoms with Gasteiger partial charge in [0.1, 0.15) is 6.54 Å². The molecule has 2 N–H and O–H groups in total. The van der Waals surface area contributed by atoms with E-state index in [9.17, 15) is 9.59 Å². The Hall–Kier alpha value is -1.56. The Bertz CT molecular complexity index is 268. The Labute approximate surface area is 101 Å². The van der Waals surface area contributed by atoms with Crippen LogP contribution >= 0.6 is 0 Å². The van der Waals surface area contributed by atoms with E-state index in [1.807, 2.05) is 6.92 Å². The minimum Gasteiger partial charge on any atom is -0.480 e. The van der Waals surface area contributed by atoms with Crippen molar-refractivity contribution in [3.8, 4) is 0 Å². The number of hydrogen-bond donors (Lipinski definition) is 2. The molecular formula is C11H20N2O4. The number of carboxylic acids is 1. The molecule has 0 aliphatic heterocycles. The zero-order valence-corrected chi connectivity index (χ0v) is 10.3. The zero-order valence-electron chi connectivity index (χ0n) is 10.3. The Morgan fingerprint density at radius 2 is 2.24 bits per heavy atom. The summed E-state index contributed by atoms with van der Waals surface area (Å²) in [6, 6.07) is -0.474. The molecule has 1 unspecified atom stereocenters. The first-order chi connectivity index (χ1) is 8.01. The second-order valence-electron chi connectivity index (χ2n) is 3.68. The van der Waals surface area contributed by atoms with Crippen molar-refractivity contribution < 1.29 is 19.4 Å². The van der Waals surface area contributed by atoms with Gasteiger partial charge in [0.25, 0.3) is 0 Å². The molecule has 0 rings (SSSR count). The maximum atomic E-state index is 11.7. The van der Waals surface area contributed by atoms with Gasteiger partial charge in [0.05, 0.1) is 6.61 Å². The molecule has 0 aromatic heterocycles. The molecule has 0 fully saturated rings. The van der Waals surface area contributed by atoms with Crippen molar-refractivity contribution in [2.75, 3.05) is 26.8 Å².